The Balaban J connectivity index is 1.51. The van der Waals surface area contributed by atoms with Crippen molar-refractivity contribution >= 4 is 11.8 Å². The minimum absolute atomic E-state index is 0.0233. The van der Waals surface area contributed by atoms with E-state index in [1.807, 2.05) is 28.0 Å². The maximum absolute atomic E-state index is 13.2. The fraction of sp³-hybridized carbons (Fsp3) is 0.385. The minimum atomic E-state index is -0.355. The lowest BCUT2D eigenvalue weighted by Crippen LogP contribution is -2.42. The Hall–Kier alpha value is -2.92. The van der Waals surface area contributed by atoms with Crippen LogP contribution >= 0.6 is 0 Å². The lowest BCUT2D eigenvalue weighted by molar-refractivity contribution is -0.141. The zero-order chi connectivity index (χ0) is 21.6. The average Bonchev–Trinajstić information content (AvgIpc) is 3.30. The highest BCUT2D eigenvalue weighted by molar-refractivity contribution is 5.84. The smallest absolute Gasteiger partial charge is 0.251 e. The second kappa shape index (κ2) is 9.92. The Kier molecular flexibility index (Phi) is 6.82. The summed E-state index contributed by atoms with van der Waals surface area (Å²) in [5.41, 5.74) is 3.42. The molecule has 162 valence electrons. The molecule has 0 N–H and O–H groups in total. The van der Waals surface area contributed by atoms with Gasteiger partial charge in [0.25, 0.3) is 5.91 Å². The molecule has 0 radical (unpaired) electrons. The molecular formula is C26H30N2O3. The molecule has 0 spiro atoms. The molecule has 2 atom stereocenters. The van der Waals surface area contributed by atoms with Gasteiger partial charge in [0.1, 0.15) is 6.10 Å². The molecule has 0 saturated carbocycles. The summed E-state index contributed by atoms with van der Waals surface area (Å²) >= 11 is 0. The molecule has 4 rings (SSSR count). The van der Waals surface area contributed by atoms with Gasteiger partial charge in [-0.15, -0.1) is 6.58 Å². The SMILES string of the molecule is C=CCN1CCN(C(=O)C2CCCO2)CC(Cc2ccc(-c3ccccc3)cc2)C1=O. The first kappa shape index (κ1) is 21.3. The van der Waals surface area contributed by atoms with E-state index in [0.717, 1.165) is 24.0 Å². The standard InChI is InChI=1S/C26H30N2O3/c1-2-14-27-15-16-28(26(30)24-9-6-17-31-24)19-23(25(27)29)18-20-10-12-22(13-11-20)21-7-4-3-5-8-21/h2-5,7-8,10-13,23-24H,1,6,9,14-19H2. The average molecular weight is 419 g/mol. The molecule has 2 saturated heterocycles. The van der Waals surface area contributed by atoms with Gasteiger partial charge in [0.2, 0.25) is 5.91 Å². The van der Waals surface area contributed by atoms with Crippen molar-refractivity contribution < 1.29 is 14.3 Å². The monoisotopic (exact) mass is 418 g/mol. The van der Waals surface area contributed by atoms with Crippen LogP contribution in [-0.2, 0) is 20.7 Å². The Morgan fingerprint density at radius 2 is 1.81 bits per heavy atom. The van der Waals surface area contributed by atoms with Crippen LogP contribution < -0.4 is 0 Å². The van der Waals surface area contributed by atoms with Gasteiger partial charge in [-0.25, -0.2) is 0 Å². The highest BCUT2D eigenvalue weighted by atomic mass is 16.5. The quantitative estimate of drug-likeness (QED) is 0.674. The van der Waals surface area contributed by atoms with Crippen molar-refractivity contribution in [3.8, 4) is 11.1 Å². The van der Waals surface area contributed by atoms with E-state index in [-0.39, 0.29) is 23.8 Å². The summed E-state index contributed by atoms with van der Waals surface area (Å²) in [7, 11) is 0. The Morgan fingerprint density at radius 3 is 2.48 bits per heavy atom. The van der Waals surface area contributed by atoms with E-state index in [1.165, 1.54) is 5.56 Å². The fourth-order valence-electron chi connectivity index (χ4n) is 4.46. The number of hydrogen-bond acceptors (Lipinski definition) is 3. The zero-order valence-electron chi connectivity index (χ0n) is 17.9. The number of benzene rings is 2. The van der Waals surface area contributed by atoms with Gasteiger partial charge in [0, 0.05) is 32.8 Å². The molecule has 2 unspecified atom stereocenters. The number of hydrogen-bond donors (Lipinski definition) is 0. The summed E-state index contributed by atoms with van der Waals surface area (Å²) in [5, 5.41) is 0. The summed E-state index contributed by atoms with van der Waals surface area (Å²) in [4.78, 5) is 29.9. The van der Waals surface area contributed by atoms with Crippen LogP contribution in [0.1, 0.15) is 18.4 Å². The molecule has 2 heterocycles. The molecule has 31 heavy (non-hydrogen) atoms. The van der Waals surface area contributed by atoms with Gasteiger partial charge < -0.3 is 14.5 Å². The van der Waals surface area contributed by atoms with E-state index >= 15 is 0 Å². The molecule has 2 aliphatic rings. The van der Waals surface area contributed by atoms with Crippen molar-refractivity contribution in [3.63, 3.8) is 0 Å². The molecule has 2 fully saturated rings. The lowest BCUT2D eigenvalue weighted by atomic mass is 9.95. The van der Waals surface area contributed by atoms with Gasteiger partial charge in [0.15, 0.2) is 0 Å². The van der Waals surface area contributed by atoms with Crippen molar-refractivity contribution in [1.82, 2.24) is 9.80 Å². The molecule has 2 aliphatic heterocycles. The molecule has 2 aromatic carbocycles. The van der Waals surface area contributed by atoms with E-state index in [1.54, 1.807) is 6.08 Å². The van der Waals surface area contributed by atoms with Gasteiger partial charge in [0.05, 0.1) is 5.92 Å². The van der Waals surface area contributed by atoms with Crippen molar-refractivity contribution in [1.29, 1.82) is 0 Å². The van der Waals surface area contributed by atoms with Crippen molar-refractivity contribution in [3.05, 3.63) is 72.8 Å². The normalized spacial score (nSPS) is 21.7. The first-order valence-electron chi connectivity index (χ1n) is 11.1. The topological polar surface area (TPSA) is 49.9 Å². The summed E-state index contributed by atoms with van der Waals surface area (Å²) in [6.07, 6.45) is 3.69. The Labute approximate surface area is 184 Å². The van der Waals surface area contributed by atoms with Crippen molar-refractivity contribution in [2.24, 2.45) is 5.92 Å². The summed E-state index contributed by atoms with van der Waals surface area (Å²) in [5.74, 6) is -0.153. The number of carbonyl (C=O) groups is 2. The van der Waals surface area contributed by atoms with Crippen molar-refractivity contribution in [2.75, 3.05) is 32.8 Å². The summed E-state index contributed by atoms with van der Waals surface area (Å²) < 4.78 is 5.61. The molecule has 5 nitrogen and oxygen atoms in total. The second-order valence-corrected chi connectivity index (χ2v) is 8.32. The van der Waals surface area contributed by atoms with Gasteiger partial charge in [-0.2, -0.15) is 0 Å². The van der Waals surface area contributed by atoms with Gasteiger partial charge >= 0.3 is 0 Å². The zero-order valence-corrected chi connectivity index (χ0v) is 17.9. The van der Waals surface area contributed by atoms with Crippen LogP contribution in [0.25, 0.3) is 11.1 Å². The third-order valence-corrected chi connectivity index (χ3v) is 6.15. The van der Waals surface area contributed by atoms with E-state index in [2.05, 4.69) is 43.0 Å². The van der Waals surface area contributed by atoms with E-state index in [4.69, 9.17) is 4.74 Å². The number of rotatable bonds is 6. The number of ether oxygens (including phenoxy) is 1. The van der Waals surface area contributed by atoms with Crippen LogP contribution in [0.15, 0.2) is 67.3 Å². The predicted octanol–water partition coefficient (Wildman–Crippen LogP) is 3.55. The molecular weight excluding hydrogens is 388 g/mol. The maximum Gasteiger partial charge on any atom is 0.251 e. The van der Waals surface area contributed by atoms with Gasteiger partial charge in [-0.3, -0.25) is 9.59 Å². The molecule has 5 heteroatoms. The Morgan fingerprint density at radius 1 is 1.06 bits per heavy atom. The van der Waals surface area contributed by atoms with E-state index in [0.29, 0.717) is 39.2 Å². The summed E-state index contributed by atoms with van der Waals surface area (Å²) in [6.45, 7) is 6.45. The summed E-state index contributed by atoms with van der Waals surface area (Å²) in [6, 6.07) is 18.6. The van der Waals surface area contributed by atoms with Crippen LogP contribution in [0.2, 0.25) is 0 Å². The van der Waals surface area contributed by atoms with Crippen LogP contribution in [0.5, 0.6) is 0 Å². The van der Waals surface area contributed by atoms with E-state index < -0.39 is 0 Å². The lowest BCUT2D eigenvalue weighted by Gasteiger charge is -2.25. The van der Waals surface area contributed by atoms with Gasteiger partial charge in [-0.1, -0.05) is 60.7 Å². The largest absolute Gasteiger partial charge is 0.368 e. The van der Waals surface area contributed by atoms with E-state index in [9.17, 15) is 9.59 Å². The number of nitrogens with zero attached hydrogens (tertiary/aromatic N) is 2. The third-order valence-electron chi connectivity index (χ3n) is 6.15. The molecule has 2 aromatic rings. The molecule has 0 aliphatic carbocycles. The number of carbonyl (C=O) groups excluding carboxylic acids is 2. The first-order valence-corrected chi connectivity index (χ1v) is 11.1. The second-order valence-electron chi connectivity index (χ2n) is 8.32. The highest BCUT2D eigenvalue weighted by Gasteiger charge is 2.35. The maximum atomic E-state index is 13.2. The predicted molar refractivity (Wildman–Crippen MR) is 121 cm³/mol. The fourth-order valence-corrected chi connectivity index (χ4v) is 4.46. The van der Waals surface area contributed by atoms with Crippen LogP contribution in [0.4, 0.5) is 0 Å². The number of amides is 2. The van der Waals surface area contributed by atoms with Crippen LogP contribution in [-0.4, -0.2) is 60.5 Å². The molecule has 0 aromatic heterocycles. The third kappa shape index (κ3) is 5.05. The molecule has 0 bridgehead atoms. The van der Waals surface area contributed by atoms with Gasteiger partial charge in [-0.05, 0) is 36.0 Å². The van der Waals surface area contributed by atoms with Crippen LogP contribution in [0.3, 0.4) is 0 Å². The van der Waals surface area contributed by atoms with Crippen LogP contribution in [0, 0.1) is 5.92 Å². The Bertz CT molecular complexity index is 904. The highest BCUT2D eigenvalue weighted by Crippen LogP contribution is 2.23. The minimum Gasteiger partial charge on any atom is -0.368 e. The molecule has 2 amide bonds. The first-order chi connectivity index (χ1) is 15.2. The van der Waals surface area contributed by atoms with Crippen molar-refractivity contribution in [2.45, 2.75) is 25.4 Å².